The molecule has 8 heteroatoms. The molecule has 0 unspecified atom stereocenters. The molecule has 1 aromatic heterocycles. The number of hydrogen-bond acceptors (Lipinski definition) is 4. The fourth-order valence-corrected chi connectivity index (χ4v) is 3.71. The smallest absolute Gasteiger partial charge is 0.309 e. The Hall–Kier alpha value is -3.70. The van der Waals surface area contributed by atoms with Crippen molar-refractivity contribution in [3.05, 3.63) is 64.1 Å². The minimum absolute atomic E-state index is 0.302. The maximum atomic E-state index is 13.8. The fraction of sp³-hybridized carbons (Fsp3) is 0.333. The summed E-state index contributed by atoms with van der Waals surface area (Å²) in [7, 11) is 1.52. The molecule has 0 amide bonds. The van der Waals surface area contributed by atoms with E-state index >= 15 is 0 Å². The molecule has 0 spiro atoms. The van der Waals surface area contributed by atoms with E-state index < -0.39 is 30.5 Å². The number of aliphatic carboxylic acids is 1. The standard InChI is InChI=1S/C21H17F2NO4.C4H10O.C2H2/c1-24-16(9-18(25)26)19(14-4-2-3-5-15(14)20(24)27)12-6-7-17-13(8-12)10-21(22,23)11-28-17;1-4(2,3)5;1-2/h2-8H,9-11H2,1H3,(H,25,26);5H,1-3H3;1-2H. The SMILES string of the molecule is C#C.CC(C)(C)O.Cn1c(CC(=O)O)c(-c2ccc3c(c2)CC(F)(F)CO3)c2ccccc2c1=O. The Balaban J connectivity index is 0.000000551. The highest BCUT2D eigenvalue weighted by Gasteiger charge is 2.36. The van der Waals surface area contributed by atoms with Crippen LogP contribution in [0.4, 0.5) is 8.78 Å². The van der Waals surface area contributed by atoms with E-state index in [1.54, 1.807) is 63.2 Å². The topological polar surface area (TPSA) is 88.8 Å². The number of halogens is 2. The highest BCUT2D eigenvalue weighted by Crippen LogP contribution is 2.38. The van der Waals surface area contributed by atoms with Gasteiger partial charge in [0.15, 0.2) is 6.61 Å². The van der Waals surface area contributed by atoms with Crippen molar-refractivity contribution in [1.29, 1.82) is 0 Å². The molecule has 6 nitrogen and oxygen atoms in total. The number of benzene rings is 2. The van der Waals surface area contributed by atoms with Crippen LogP contribution in [0.5, 0.6) is 5.75 Å². The molecule has 4 rings (SSSR count). The maximum Gasteiger partial charge on any atom is 0.309 e. The van der Waals surface area contributed by atoms with E-state index in [-0.39, 0.29) is 12.0 Å². The maximum absolute atomic E-state index is 13.8. The molecule has 0 saturated heterocycles. The zero-order valence-corrected chi connectivity index (χ0v) is 20.1. The summed E-state index contributed by atoms with van der Waals surface area (Å²) in [4.78, 5) is 24.1. The number of carbonyl (C=O) groups is 1. The average molecular weight is 486 g/mol. The molecule has 1 aliphatic heterocycles. The predicted molar refractivity (Wildman–Crippen MR) is 132 cm³/mol. The van der Waals surface area contributed by atoms with Crippen molar-refractivity contribution in [3.8, 4) is 29.7 Å². The molecule has 0 saturated carbocycles. The number of carboxylic acid groups (broad SMARTS) is 1. The number of aliphatic hydroxyl groups is 1. The van der Waals surface area contributed by atoms with Crippen LogP contribution in [0.2, 0.25) is 0 Å². The van der Waals surface area contributed by atoms with Crippen LogP contribution in [0.1, 0.15) is 32.0 Å². The van der Waals surface area contributed by atoms with Crippen LogP contribution in [0.15, 0.2) is 47.3 Å². The molecule has 0 atom stereocenters. The van der Waals surface area contributed by atoms with Gasteiger partial charge >= 0.3 is 5.97 Å². The molecule has 1 aliphatic rings. The number of alkyl halides is 2. The van der Waals surface area contributed by atoms with Gasteiger partial charge < -0.3 is 19.5 Å². The van der Waals surface area contributed by atoms with Crippen molar-refractivity contribution >= 4 is 16.7 Å². The number of rotatable bonds is 3. The van der Waals surface area contributed by atoms with E-state index in [9.17, 15) is 23.5 Å². The Morgan fingerprint density at radius 2 is 1.71 bits per heavy atom. The van der Waals surface area contributed by atoms with Gasteiger partial charge in [-0.3, -0.25) is 9.59 Å². The van der Waals surface area contributed by atoms with Crippen molar-refractivity contribution in [2.45, 2.75) is 45.1 Å². The summed E-state index contributed by atoms with van der Waals surface area (Å²) in [5, 5.41) is 18.9. The van der Waals surface area contributed by atoms with Crippen LogP contribution in [0, 0.1) is 12.8 Å². The molecule has 186 valence electrons. The van der Waals surface area contributed by atoms with Gasteiger partial charge in [-0.25, -0.2) is 8.78 Å². The Kier molecular flexibility index (Phi) is 8.42. The second-order valence-corrected chi connectivity index (χ2v) is 9.12. The second kappa shape index (κ2) is 10.7. The summed E-state index contributed by atoms with van der Waals surface area (Å²) in [6.45, 7) is 4.57. The van der Waals surface area contributed by atoms with E-state index in [1.165, 1.54) is 11.6 Å². The summed E-state index contributed by atoms with van der Waals surface area (Å²) in [5.41, 5.74) is 0.996. The quantitative estimate of drug-likeness (QED) is 0.536. The molecule has 2 heterocycles. The van der Waals surface area contributed by atoms with Gasteiger partial charge in [0, 0.05) is 35.7 Å². The van der Waals surface area contributed by atoms with Crippen LogP contribution < -0.4 is 10.3 Å². The van der Waals surface area contributed by atoms with Crippen molar-refractivity contribution in [2.24, 2.45) is 7.05 Å². The van der Waals surface area contributed by atoms with Gasteiger partial charge in [0.25, 0.3) is 11.5 Å². The third kappa shape index (κ3) is 6.90. The first-order chi connectivity index (χ1) is 16.3. The summed E-state index contributed by atoms with van der Waals surface area (Å²) in [6, 6.07) is 11.8. The second-order valence-electron chi connectivity index (χ2n) is 9.12. The molecule has 0 aliphatic carbocycles. The van der Waals surface area contributed by atoms with Crippen molar-refractivity contribution in [1.82, 2.24) is 4.57 Å². The first kappa shape index (κ1) is 27.5. The minimum atomic E-state index is -2.96. The molecule has 3 aromatic rings. The monoisotopic (exact) mass is 485 g/mol. The minimum Gasteiger partial charge on any atom is -0.487 e. The third-order valence-electron chi connectivity index (χ3n) is 4.98. The number of fused-ring (bicyclic) bond motifs is 2. The first-order valence-electron chi connectivity index (χ1n) is 10.8. The summed E-state index contributed by atoms with van der Waals surface area (Å²) < 4.78 is 34.1. The third-order valence-corrected chi connectivity index (χ3v) is 4.98. The lowest BCUT2D eigenvalue weighted by Crippen LogP contribution is -2.32. The number of aromatic nitrogens is 1. The lowest BCUT2D eigenvalue weighted by atomic mass is 9.92. The Morgan fingerprint density at radius 3 is 2.29 bits per heavy atom. The van der Waals surface area contributed by atoms with E-state index in [0.717, 1.165) is 0 Å². The average Bonchev–Trinajstić information content (AvgIpc) is 2.76. The molecule has 2 N–H and O–H groups in total. The zero-order chi connectivity index (χ0) is 26.6. The van der Waals surface area contributed by atoms with E-state index in [1.807, 2.05) is 0 Å². The van der Waals surface area contributed by atoms with Crippen LogP contribution in [-0.2, 0) is 24.7 Å². The van der Waals surface area contributed by atoms with E-state index in [2.05, 4.69) is 12.8 Å². The molecule has 0 fully saturated rings. The Labute approximate surface area is 202 Å². The van der Waals surface area contributed by atoms with Gasteiger partial charge in [-0.2, -0.15) is 0 Å². The van der Waals surface area contributed by atoms with Crippen molar-refractivity contribution in [2.75, 3.05) is 6.61 Å². The number of hydrogen-bond donors (Lipinski definition) is 2. The largest absolute Gasteiger partial charge is 0.487 e. The summed E-state index contributed by atoms with van der Waals surface area (Å²) in [6.07, 6.45) is 7.18. The van der Waals surface area contributed by atoms with Crippen LogP contribution in [0.3, 0.4) is 0 Å². The Morgan fingerprint density at radius 1 is 1.14 bits per heavy atom. The molecule has 2 aromatic carbocycles. The van der Waals surface area contributed by atoms with E-state index in [4.69, 9.17) is 9.84 Å². The Bertz CT molecular complexity index is 1300. The highest BCUT2D eigenvalue weighted by molar-refractivity contribution is 5.98. The number of nitrogens with zero attached hydrogens (tertiary/aromatic N) is 1. The van der Waals surface area contributed by atoms with Crippen LogP contribution >= 0.6 is 0 Å². The van der Waals surface area contributed by atoms with Gasteiger partial charge in [-0.05, 0) is 49.9 Å². The van der Waals surface area contributed by atoms with Crippen molar-refractivity contribution in [3.63, 3.8) is 0 Å². The van der Waals surface area contributed by atoms with Gasteiger partial charge in [0.05, 0.1) is 12.0 Å². The number of terminal acetylenes is 1. The summed E-state index contributed by atoms with van der Waals surface area (Å²) >= 11 is 0. The number of pyridine rings is 1. The lowest BCUT2D eigenvalue weighted by molar-refractivity contribution is -0.136. The number of ether oxygens (including phenoxy) is 1. The molecule has 0 bridgehead atoms. The predicted octanol–water partition coefficient (Wildman–Crippen LogP) is 4.43. The summed E-state index contributed by atoms with van der Waals surface area (Å²) in [5.74, 6) is -3.65. The molecule has 0 radical (unpaired) electrons. The van der Waals surface area contributed by atoms with Gasteiger partial charge in [-0.15, -0.1) is 12.8 Å². The van der Waals surface area contributed by atoms with Gasteiger partial charge in [-0.1, -0.05) is 24.3 Å². The van der Waals surface area contributed by atoms with Crippen molar-refractivity contribution < 1.29 is 28.5 Å². The fourth-order valence-electron chi connectivity index (χ4n) is 3.71. The first-order valence-corrected chi connectivity index (χ1v) is 10.8. The molecule has 35 heavy (non-hydrogen) atoms. The van der Waals surface area contributed by atoms with E-state index in [0.29, 0.717) is 38.9 Å². The van der Waals surface area contributed by atoms with Gasteiger partial charge in [0.1, 0.15) is 5.75 Å². The highest BCUT2D eigenvalue weighted by atomic mass is 19.3. The molecular weight excluding hydrogens is 456 g/mol. The molecular formula is C27H29F2NO5. The number of carboxylic acids is 1. The van der Waals surface area contributed by atoms with Gasteiger partial charge in [0.2, 0.25) is 0 Å². The van der Waals surface area contributed by atoms with Crippen LogP contribution in [-0.4, -0.2) is 38.9 Å². The van der Waals surface area contributed by atoms with Crippen LogP contribution in [0.25, 0.3) is 21.9 Å². The normalized spacial score (nSPS) is 13.9. The zero-order valence-electron chi connectivity index (χ0n) is 20.1. The lowest BCUT2D eigenvalue weighted by Gasteiger charge is -2.26.